The van der Waals surface area contributed by atoms with Crippen molar-refractivity contribution in [3.05, 3.63) is 58.0 Å². The Morgan fingerprint density at radius 1 is 1.21 bits per heavy atom. The molecule has 2 heterocycles. The van der Waals surface area contributed by atoms with Gasteiger partial charge in [-0.3, -0.25) is 4.79 Å². The first-order chi connectivity index (χ1) is 13.9. The Bertz CT molecular complexity index is 979. The van der Waals surface area contributed by atoms with Crippen molar-refractivity contribution < 1.29 is 4.79 Å². The molecule has 0 fully saturated rings. The van der Waals surface area contributed by atoms with E-state index in [-0.39, 0.29) is 5.91 Å². The molecule has 5 nitrogen and oxygen atoms in total. The molecule has 0 N–H and O–H groups in total. The summed E-state index contributed by atoms with van der Waals surface area (Å²) in [6, 6.07) is 8.79. The summed E-state index contributed by atoms with van der Waals surface area (Å²) < 4.78 is 2.11. The molecule has 0 saturated heterocycles. The average Bonchev–Trinajstić information content (AvgIpc) is 3.01. The van der Waals surface area contributed by atoms with Crippen LogP contribution >= 0.6 is 23.2 Å². The van der Waals surface area contributed by atoms with Gasteiger partial charge in [-0.05, 0) is 49.1 Å². The number of fused-ring (bicyclic) bond motifs is 1. The number of pyridine rings is 1. The van der Waals surface area contributed by atoms with Gasteiger partial charge in [0.1, 0.15) is 11.3 Å². The molecule has 1 amide bonds. The summed E-state index contributed by atoms with van der Waals surface area (Å²) in [5, 5.41) is 0.902. The Labute approximate surface area is 181 Å². The van der Waals surface area contributed by atoms with Gasteiger partial charge in [0.2, 0.25) is 0 Å². The Hall–Kier alpha value is -2.11. The maximum atomic E-state index is 13.3. The van der Waals surface area contributed by atoms with E-state index in [9.17, 15) is 4.79 Å². The third-order valence-corrected chi connectivity index (χ3v) is 5.17. The van der Waals surface area contributed by atoms with Gasteiger partial charge in [-0.25, -0.2) is 9.97 Å². The van der Waals surface area contributed by atoms with Crippen LogP contribution < -0.4 is 0 Å². The monoisotopic (exact) mass is 432 g/mol. The SMILES string of the molecule is CCCn1c(CN(CCC(C)C)C(=O)c2cc(Cl)cc(Cl)c2)nc2cccnc21. The number of carbonyl (C=O) groups excluding carboxylic acids is 1. The summed E-state index contributed by atoms with van der Waals surface area (Å²) in [5.41, 5.74) is 2.19. The van der Waals surface area contributed by atoms with E-state index in [2.05, 4.69) is 30.3 Å². The van der Waals surface area contributed by atoms with Crippen LogP contribution in [-0.4, -0.2) is 31.9 Å². The van der Waals surface area contributed by atoms with Crippen molar-refractivity contribution >= 4 is 40.3 Å². The predicted octanol–water partition coefficient (Wildman–Crippen LogP) is 5.84. The molecule has 1 aromatic carbocycles. The van der Waals surface area contributed by atoms with Gasteiger partial charge in [-0.2, -0.15) is 0 Å². The minimum Gasteiger partial charge on any atom is -0.331 e. The highest BCUT2D eigenvalue weighted by Crippen LogP contribution is 2.22. The van der Waals surface area contributed by atoms with Crippen molar-refractivity contribution in [1.82, 2.24) is 19.4 Å². The first-order valence-corrected chi connectivity index (χ1v) is 10.7. The molecule has 0 radical (unpaired) electrons. The first kappa shape index (κ1) is 21.6. The van der Waals surface area contributed by atoms with Crippen molar-refractivity contribution in [2.75, 3.05) is 6.54 Å². The Balaban J connectivity index is 1.96. The van der Waals surface area contributed by atoms with Gasteiger partial charge in [-0.15, -0.1) is 0 Å². The molecule has 3 aromatic rings. The van der Waals surface area contributed by atoms with Crippen molar-refractivity contribution in [3.8, 4) is 0 Å². The Morgan fingerprint density at radius 2 is 1.93 bits per heavy atom. The van der Waals surface area contributed by atoms with E-state index in [1.54, 1.807) is 24.4 Å². The van der Waals surface area contributed by atoms with Crippen LogP contribution in [0, 0.1) is 5.92 Å². The summed E-state index contributed by atoms with van der Waals surface area (Å²) in [6.07, 6.45) is 3.63. The molecule has 0 unspecified atom stereocenters. The fraction of sp³-hybridized carbons (Fsp3) is 0.409. The molecular formula is C22H26Cl2N4O. The number of aromatic nitrogens is 3. The molecule has 3 rings (SSSR count). The lowest BCUT2D eigenvalue weighted by Gasteiger charge is -2.24. The molecule has 0 aliphatic carbocycles. The Kier molecular flexibility index (Phi) is 7.14. The molecular weight excluding hydrogens is 407 g/mol. The lowest BCUT2D eigenvalue weighted by atomic mass is 10.1. The predicted molar refractivity (Wildman–Crippen MR) is 118 cm³/mol. The molecule has 0 spiro atoms. The highest BCUT2D eigenvalue weighted by Gasteiger charge is 2.21. The summed E-state index contributed by atoms with van der Waals surface area (Å²) in [6.45, 7) is 8.26. The molecule has 2 aromatic heterocycles. The minimum atomic E-state index is -0.0990. The quantitative estimate of drug-likeness (QED) is 0.449. The van der Waals surface area contributed by atoms with Gasteiger partial charge in [-0.1, -0.05) is 44.0 Å². The van der Waals surface area contributed by atoms with Crippen LogP contribution in [0.1, 0.15) is 49.8 Å². The number of benzene rings is 1. The number of rotatable bonds is 8. The number of amides is 1. The number of halogens is 2. The average molecular weight is 433 g/mol. The summed E-state index contributed by atoms with van der Waals surface area (Å²) in [5.74, 6) is 1.22. The van der Waals surface area contributed by atoms with Crippen molar-refractivity contribution in [1.29, 1.82) is 0 Å². The van der Waals surface area contributed by atoms with Crippen molar-refractivity contribution in [2.45, 2.75) is 46.7 Å². The summed E-state index contributed by atoms with van der Waals surface area (Å²) in [7, 11) is 0. The van der Waals surface area contributed by atoms with Crippen LogP contribution in [0.5, 0.6) is 0 Å². The standard InChI is InChI=1S/C22H26Cl2N4O/c1-4-9-28-20(26-19-6-5-8-25-21(19)28)14-27(10-7-15(2)3)22(29)16-11-17(23)13-18(24)12-16/h5-6,8,11-13,15H,4,7,9-10,14H2,1-3H3. The van der Waals surface area contributed by atoms with E-state index in [0.717, 1.165) is 36.4 Å². The van der Waals surface area contributed by atoms with E-state index in [1.807, 2.05) is 17.0 Å². The van der Waals surface area contributed by atoms with E-state index >= 15 is 0 Å². The summed E-state index contributed by atoms with van der Waals surface area (Å²) in [4.78, 5) is 24.4. The number of carbonyl (C=O) groups is 1. The third-order valence-electron chi connectivity index (χ3n) is 4.74. The highest BCUT2D eigenvalue weighted by atomic mass is 35.5. The zero-order valence-electron chi connectivity index (χ0n) is 17.0. The van der Waals surface area contributed by atoms with E-state index in [1.165, 1.54) is 0 Å². The van der Waals surface area contributed by atoms with E-state index in [0.29, 0.717) is 34.6 Å². The van der Waals surface area contributed by atoms with Crippen LogP contribution in [0.25, 0.3) is 11.2 Å². The fourth-order valence-corrected chi connectivity index (χ4v) is 3.81. The molecule has 0 atom stereocenters. The minimum absolute atomic E-state index is 0.0990. The molecule has 7 heteroatoms. The molecule has 154 valence electrons. The smallest absolute Gasteiger partial charge is 0.254 e. The molecule has 0 aliphatic heterocycles. The van der Waals surface area contributed by atoms with Crippen LogP contribution in [0.4, 0.5) is 0 Å². The topological polar surface area (TPSA) is 51.0 Å². The summed E-state index contributed by atoms with van der Waals surface area (Å²) >= 11 is 12.3. The molecule has 0 saturated carbocycles. The number of nitrogens with zero attached hydrogens (tertiary/aromatic N) is 4. The van der Waals surface area contributed by atoms with Crippen LogP contribution in [0.2, 0.25) is 10.0 Å². The zero-order chi connectivity index (χ0) is 21.0. The fourth-order valence-electron chi connectivity index (χ4n) is 3.28. The molecule has 0 aliphatic rings. The lowest BCUT2D eigenvalue weighted by molar-refractivity contribution is 0.0729. The van der Waals surface area contributed by atoms with Gasteiger partial charge in [0.15, 0.2) is 5.65 Å². The highest BCUT2D eigenvalue weighted by molar-refractivity contribution is 6.35. The van der Waals surface area contributed by atoms with E-state index in [4.69, 9.17) is 28.2 Å². The zero-order valence-corrected chi connectivity index (χ0v) is 18.5. The first-order valence-electron chi connectivity index (χ1n) is 9.94. The second-order valence-corrected chi connectivity index (χ2v) is 8.47. The van der Waals surface area contributed by atoms with Gasteiger partial charge in [0.05, 0.1) is 6.54 Å². The second-order valence-electron chi connectivity index (χ2n) is 7.59. The normalized spacial score (nSPS) is 11.4. The van der Waals surface area contributed by atoms with Crippen LogP contribution in [0.3, 0.4) is 0 Å². The van der Waals surface area contributed by atoms with Gasteiger partial charge in [0.25, 0.3) is 5.91 Å². The second kappa shape index (κ2) is 9.59. The van der Waals surface area contributed by atoms with E-state index < -0.39 is 0 Å². The van der Waals surface area contributed by atoms with Crippen LogP contribution in [0.15, 0.2) is 36.5 Å². The molecule has 0 bridgehead atoms. The maximum absolute atomic E-state index is 13.3. The molecule has 29 heavy (non-hydrogen) atoms. The number of hydrogen-bond acceptors (Lipinski definition) is 3. The van der Waals surface area contributed by atoms with Crippen molar-refractivity contribution in [2.24, 2.45) is 5.92 Å². The number of imidazole rings is 1. The Morgan fingerprint density at radius 3 is 2.59 bits per heavy atom. The van der Waals surface area contributed by atoms with Gasteiger partial charge in [0, 0.05) is 34.9 Å². The largest absolute Gasteiger partial charge is 0.331 e. The van der Waals surface area contributed by atoms with Gasteiger partial charge < -0.3 is 9.47 Å². The van der Waals surface area contributed by atoms with Gasteiger partial charge >= 0.3 is 0 Å². The maximum Gasteiger partial charge on any atom is 0.254 e. The lowest BCUT2D eigenvalue weighted by Crippen LogP contribution is -2.33. The van der Waals surface area contributed by atoms with Crippen LogP contribution in [-0.2, 0) is 13.1 Å². The number of hydrogen-bond donors (Lipinski definition) is 0. The van der Waals surface area contributed by atoms with Crippen molar-refractivity contribution in [3.63, 3.8) is 0 Å². The number of aryl methyl sites for hydroxylation is 1. The third kappa shape index (κ3) is 5.28.